The highest BCUT2D eigenvalue weighted by Gasteiger charge is 2.34. The van der Waals surface area contributed by atoms with E-state index in [1.807, 2.05) is 0 Å². The first kappa shape index (κ1) is 15.3. The van der Waals surface area contributed by atoms with Gasteiger partial charge in [0.2, 0.25) is 0 Å². The molecule has 0 aliphatic heterocycles. The lowest BCUT2D eigenvalue weighted by Crippen LogP contribution is -2.17. The van der Waals surface area contributed by atoms with Crippen molar-refractivity contribution in [2.24, 2.45) is 0 Å². The lowest BCUT2D eigenvalue weighted by atomic mass is 10.1. The standard InChI is InChI=1S/C10H11ClF3NO2S/c1-15(2)6-7-3-4-8(18(11,16)17)5-9(7)10(12,13)14/h3-5H,6H2,1-2H3. The first-order chi connectivity index (χ1) is 8.01. The third-order valence-corrected chi connectivity index (χ3v) is 3.51. The molecule has 0 atom stereocenters. The molecule has 0 N–H and O–H groups in total. The Morgan fingerprint density at radius 2 is 1.83 bits per heavy atom. The summed E-state index contributed by atoms with van der Waals surface area (Å²) in [5, 5.41) is 0. The van der Waals surface area contributed by atoms with Gasteiger partial charge in [0.15, 0.2) is 0 Å². The van der Waals surface area contributed by atoms with Gasteiger partial charge >= 0.3 is 6.18 Å². The van der Waals surface area contributed by atoms with Gasteiger partial charge in [-0.2, -0.15) is 13.2 Å². The van der Waals surface area contributed by atoms with E-state index in [2.05, 4.69) is 0 Å². The van der Waals surface area contributed by atoms with Gasteiger partial charge in [0.25, 0.3) is 9.05 Å². The van der Waals surface area contributed by atoms with Gasteiger partial charge in [0, 0.05) is 17.2 Å². The quantitative estimate of drug-likeness (QED) is 0.806. The maximum absolute atomic E-state index is 12.8. The molecule has 0 aliphatic rings. The zero-order valence-corrected chi connectivity index (χ0v) is 11.2. The van der Waals surface area contributed by atoms with Gasteiger partial charge in [-0.05, 0) is 31.8 Å². The second kappa shape index (κ2) is 5.07. The Morgan fingerprint density at radius 3 is 2.22 bits per heavy atom. The Kier molecular flexibility index (Phi) is 4.30. The van der Waals surface area contributed by atoms with Crippen molar-refractivity contribution in [1.29, 1.82) is 0 Å². The second-order valence-electron chi connectivity index (χ2n) is 3.99. The average Bonchev–Trinajstić information content (AvgIpc) is 2.13. The minimum atomic E-state index is -4.62. The summed E-state index contributed by atoms with van der Waals surface area (Å²) in [6.45, 7) is 0.0530. The summed E-state index contributed by atoms with van der Waals surface area (Å²) in [5.41, 5.74) is -0.991. The van der Waals surface area contributed by atoms with Gasteiger partial charge in [-0.3, -0.25) is 0 Å². The van der Waals surface area contributed by atoms with Crippen LogP contribution in [0.15, 0.2) is 23.1 Å². The van der Waals surface area contributed by atoms with E-state index in [0.717, 1.165) is 12.1 Å². The minimum absolute atomic E-state index is 0.00318. The Hall–Kier alpha value is -0.790. The van der Waals surface area contributed by atoms with Crippen LogP contribution in [-0.4, -0.2) is 27.4 Å². The molecule has 0 saturated heterocycles. The van der Waals surface area contributed by atoms with Gasteiger partial charge in [0.1, 0.15) is 0 Å². The molecule has 18 heavy (non-hydrogen) atoms. The molecule has 0 radical (unpaired) electrons. The van der Waals surface area contributed by atoms with Crippen LogP contribution in [0.25, 0.3) is 0 Å². The van der Waals surface area contributed by atoms with E-state index in [1.165, 1.54) is 0 Å². The molecule has 1 rings (SSSR count). The normalized spacial score (nSPS) is 13.1. The van der Waals surface area contributed by atoms with Crippen LogP contribution >= 0.6 is 10.7 Å². The van der Waals surface area contributed by atoms with Gasteiger partial charge < -0.3 is 4.90 Å². The van der Waals surface area contributed by atoms with E-state index >= 15 is 0 Å². The fourth-order valence-corrected chi connectivity index (χ4v) is 2.23. The lowest BCUT2D eigenvalue weighted by molar-refractivity contribution is -0.138. The first-order valence-corrected chi connectivity index (χ1v) is 7.12. The summed E-state index contributed by atoms with van der Waals surface area (Å²) >= 11 is 0. The minimum Gasteiger partial charge on any atom is -0.305 e. The number of rotatable bonds is 3. The van der Waals surface area contributed by atoms with Crippen LogP contribution in [0.4, 0.5) is 13.2 Å². The van der Waals surface area contributed by atoms with E-state index in [9.17, 15) is 21.6 Å². The number of hydrogen-bond acceptors (Lipinski definition) is 3. The fraction of sp³-hybridized carbons (Fsp3) is 0.400. The summed E-state index contributed by atoms with van der Waals surface area (Å²) < 4.78 is 60.5. The third kappa shape index (κ3) is 3.86. The molecule has 3 nitrogen and oxygen atoms in total. The molecule has 8 heteroatoms. The molecule has 0 fully saturated rings. The molecule has 1 aromatic carbocycles. The van der Waals surface area contributed by atoms with E-state index in [-0.39, 0.29) is 12.1 Å². The summed E-state index contributed by atoms with van der Waals surface area (Å²) in [6, 6.07) is 2.75. The van der Waals surface area contributed by atoms with Crippen LogP contribution in [0.5, 0.6) is 0 Å². The third-order valence-electron chi connectivity index (χ3n) is 2.15. The van der Waals surface area contributed by atoms with Crippen molar-refractivity contribution in [3.63, 3.8) is 0 Å². The highest BCUT2D eigenvalue weighted by molar-refractivity contribution is 8.13. The molecule has 0 aliphatic carbocycles. The van der Waals surface area contributed by atoms with Crippen molar-refractivity contribution < 1.29 is 21.6 Å². The van der Waals surface area contributed by atoms with Crippen molar-refractivity contribution in [2.75, 3.05) is 14.1 Å². The SMILES string of the molecule is CN(C)Cc1ccc(S(=O)(=O)Cl)cc1C(F)(F)F. The number of hydrogen-bond donors (Lipinski definition) is 0. The van der Waals surface area contributed by atoms with Gasteiger partial charge in [-0.15, -0.1) is 0 Å². The van der Waals surface area contributed by atoms with Gasteiger partial charge in [0.05, 0.1) is 10.5 Å². The van der Waals surface area contributed by atoms with E-state index in [4.69, 9.17) is 10.7 Å². The molecular weight excluding hydrogens is 291 g/mol. The first-order valence-electron chi connectivity index (χ1n) is 4.81. The molecule has 0 spiro atoms. The summed E-state index contributed by atoms with van der Waals surface area (Å²) in [5.74, 6) is 0. The molecule has 1 aromatic rings. The zero-order chi connectivity index (χ0) is 14.1. The highest BCUT2D eigenvalue weighted by Crippen LogP contribution is 2.34. The van der Waals surface area contributed by atoms with Crippen molar-refractivity contribution in [2.45, 2.75) is 17.6 Å². The fourth-order valence-electron chi connectivity index (χ4n) is 1.45. The van der Waals surface area contributed by atoms with Crippen molar-refractivity contribution >= 4 is 19.7 Å². The number of alkyl halides is 3. The predicted octanol–water partition coefficient (Wildman–Crippen LogP) is 2.69. The van der Waals surface area contributed by atoms with E-state index < -0.39 is 25.7 Å². The number of nitrogens with zero attached hydrogens (tertiary/aromatic N) is 1. The van der Waals surface area contributed by atoms with Crippen LogP contribution < -0.4 is 0 Å². The maximum atomic E-state index is 12.8. The maximum Gasteiger partial charge on any atom is 0.416 e. The predicted molar refractivity (Wildman–Crippen MR) is 61.9 cm³/mol. The lowest BCUT2D eigenvalue weighted by Gasteiger charge is -2.16. The molecule has 0 heterocycles. The monoisotopic (exact) mass is 301 g/mol. The van der Waals surface area contributed by atoms with Crippen LogP contribution in [0.3, 0.4) is 0 Å². The van der Waals surface area contributed by atoms with Crippen LogP contribution in [-0.2, 0) is 21.8 Å². The highest BCUT2D eigenvalue weighted by atomic mass is 35.7. The van der Waals surface area contributed by atoms with Crippen molar-refractivity contribution in [1.82, 2.24) is 4.90 Å². The zero-order valence-electron chi connectivity index (χ0n) is 9.62. The Balaban J connectivity index is 3.39. The van der Waals surface area contributed by atoms with E-state index in [0.29, 0.717) is 6.07 Å². The van der Waals surface area contributed by atoms with Crippen LogP contribution in [0.2, 0.25) is 0 Å². The second-order valence-corrected chi connectivity index (χ2v) is 6.56. The van der Waals surface area contributed by atoms with Crippen LogP contribution in [0, 0.1) is 0 Å². The Bertz CT molecular complexity index is 541. The van der Waals surface area contributed by atoms with Crippen molar-refractivity contribution in [3.05, 3.63) is 29.3 Å². The number of halogens is 4. The number of benzene rings is 1. The van der Waals surface area contributed by atoms with Gasteiger partial charge in [-0.25, -0.2) is 8.42 Å². The average molecular weight is 302 g/mol. The largest absolute Gasteiger partial charge is 0.416 e. The molecule has 102 valence electrons. The van der Waals surface area contributed by atoms with Crippen molar-refractivity contribution in [3.8, 4) is 0 Å². The van der Waals surface area contributed by atoms with Gasteiger partial charge in [-0.1, -0.05) is 6.07 Å². The molecule has 0 saturated carbocycles. The molecule has 0 aromatic heterocycles. The molecule has 0 bridgehead atoms. The van der Waals surface area contributed by atoms with E-state index in [1.54, 1.807) is 19.0 Å². The molecule has 0 amide bonds. The Labute approximate surface area is 108 Å². The summed E-state index contributed by atoms with van der Waals surface area (Å²) in [7, 11) is 4.10. The molecule has 0 unspecified atom stereocenters. The topological polar surface area (TPSA) is 37.4 Å². The summed E-state index contributed by atoms with van der Waals surface area (Å²) in [4.78, 5) is 0.999. The smallest absolute Gasteiger partial charge is 0.305 e. The summed E-state index contributed by atoms with van der Waals surface area (Å²) in [6.07, 6.45) is -4.62. The van der Waals surface area contributed by atoms with Crippen LogP contribution in [0.1, 0.15) is 11.1 Å². The molecular formula is C10H11ClF3NO2S. The Morgan fingerprint density at radius 1 is 1.28 bits per heavy atom.